The quantitative estimate of drug-likeness (QED) is 0.294. The second-order valence-corrected chi connectivity index (χ2v) is 11.9. The Bertz CT molecular complexity index is 1450. The number of amides is 2. The van der Waals surface area contributed by atoms with Crippen molar-refractivity contribution in [1.82, 2.24) is 10.2 Å². The Labute approximate surface area is 243 Å². The number of benzene rings is 3. The van der Waals surface area contributed by atoms with Gasteiger partial charge in [-0.15, -0.1) is 0 Å². The number of sulfonamides is 1. The maximum absolute atomic E-state index is 13.9. The van der Waals surface area contributed by atoms with Gasteiger partial charge < -0.3 is 10.2 Å². The van der Waals surface area contributed by atoms with Crippen LogP contribution in [0.5, 0.6) is 0 Å². The predicted octanol–water partition coefficient (Wildman–Crippen LogP) is 5.89. The molecule has 1 N–H and O–H groups in total. The summed E-state index contributed by atoms with van der Waals surface area (Å²) in [4.78, 5) is 28.1. The molecule has 1 unspecified atom stereocenters. The molecule has 0 radical (unpaired) electrons. The minimum atomic E-state index is -4.87. The first-order valence-electron chi connectivity index (χ1n) is 12.8. The van der Waals surface area contributed by atoms with Crippen molar-refractivity contribution in [3.63, 3.8) is 0 Å². The Balaban J connectivity index is 2.13. The molecule has 0 fully saturated rings. The SMILES string of the molecule is CCC(C(=O)NC(C)C)N(Cc1ccccc1)C(=O)CN(c1ccc(Cl)c(C(F)(F)F)c1)S(=O)(=O)c1ccccc1. The van der Waals surface area contributed by atoms with Crippen LogP contribution in [0.4, 0.5) is 18.9 Å². The highest BCUT2D eigenvalue weighted by molar-refractivity contribution is 7.92. The van der Waals surface area contributed by atoms with E-state index in [0.29, 0.717) is 15.9 Å². The van der Waals surface area contributed by atoms with Gasteiger partial charge in [0.25, 0.3) is 10.0 Å². The number of hydrogen-bond donors (Lipinski definition) is 1. The van der Waals surface area contributed by atoms with Crippen LogP contribution in [0.25, 0.3) is 0 Å². The van der Waals surface area contributed by atoms with E-state index in [1.165, 1.54) is 29.2 Å². The molecule has 0 bridgehead atoms. The van der Waals surface area contributed by atoms with E-state index in [0.717, 1.165) is 12.1 Å². The van der Waals surface area contributed by atoms with Crippen molar-refractivity contribution in [1.29, 1.82) is 0 Å². The van der Waals surface area contributed by atoms with Crippen molar-refractivity contribution in [2.24, 2.45) is 0 Å². The molecule has 1 atom stereocenters. The van der Waals surface area contributed by atoms with E-state index in [2.05, 4.69) is 5.32 Å². The van der Waals surface area contributed by atoms with Crippen molar-refractivity contribution < 1.29 is 31.2 Å². The lowest BCUT2D eigenvalue weighted by Gasteiger charge is -2.33. The molecule has 0 heterocycles. The number of alkyl halides is 3. The zero-order chi connectivity index (χ0) is 30.4. The molecule has 41 heavy (non-hydrogen) atoms. The summed E-state index contributed by atoms with van der Waals surface area (Å²) >= 11 is 5.79. The summed E-state index contributed by atoms with van der Waals surface area (Å²) < 4.78 is 69.3. The van der Waals surface area contributed by atoms with Gasteiger partial charge >= 0.3 is 6.18 Å². The minimum Gasteiger partial charge on any atom is -0.352 e. The number of halogens is 4. The fourth-order valence-corrected chi connectivity index (χ4v) is 5.87. The van der Waals surface area contributed by atoms with Crippen molar-refractivity contribution in [2.75, 3.05) is 10.8 Å². The largest absolute Gasteiger partial charge is 0.417 e. The van der Waals surface area contributed by atoms with Crippen LogP contribution in [0.15, 0.2) is 83.8 Å². The summed E-state index contributed by atoms with van der Waals surface area (Å²) in [6.07, 6.45) is -4.66. The molecule has 3 aromatic rings. The number of hydrogen-bond acceptors (Lipinski definition) is 4. The summed E-state index contributed by atoms with van der Waals surface area (Å²) in [7, 11) is -4.53. The van der Waals surface area contributed by atoms with E-state index in [1.807, 2.05) is 0 Å². The maximum Gasteiger partial charge on any atom is 0.417 e. The van der Waals surface area contributed by atoms with Crippen LogP contribution in [-0.4, -0.2) is 43.8 Å². The summed E-state index contributed by atoms with van der Waals surface area (Å²) in [5.41, 5.74) is -0.973. The molecular formula is C29H31ClF3N3O4S. The molecular weight excluding hydrogens is 579 g/mol. The molecule has 220 valence electrons. The van der Waals surface area contributed by atoms with E-state index >= 15 is 0 Å². The molecule has 0 spiro atoms. The third-order valence-electron chi connectivity index (χ3n) is 6.17. The molecule has 3 rings (SSSR count). The molecule has 0 aliphatic carbocycles. The van der Waals surface area contributed by atoms with Crippen molar-refractivity contribution in [3.8, 4) is 0 Å². The van der Waals surface area contributed by atoms with Gasteiger partial charge in [0.05, 0.1) is 21.2 Å². The molecule has 0 aromatic heterocycles. The van der Waals surface area contributed by atoms with E-state index < -0.39 is 56.9 Å². The lowest BCUT2D eigenvalue weighted by Crippen LogP contribution is -2.53. The Morgan fingerprint density at radius 1 is 0.951 bits per heavy atom. The zero-order valence-electron chi connectivity index (χ0n) is 22.7. The van der Waals surface area contributed by atoms with Crippen LogP contribution < -0.4 is 9.62 Å². The van der Waals surface area contributed by atoms with E-state index in [1.54, 1.807) is 57.2 Å². The second-order valence-electron chi connectivity index (χ2n) is 9.58. The summed E-state index contributed by atoms with van der Waals surface area (Å²) in [5, 5.41) is 2.16. The Kier molecular flexibility index (Phi) is 10.4. The smallest absolute Gasteiger partial charge is 0.352 e. The average molecular weight is 610 g/mol. The van der Waals surface area contributed by atoms with Crippen LogP contribution >= 0.6 is 11.6 Å². The molecule has 3 aromatic carbocycles. The normalized spacial score (nSPS) is 12.6. The van der Waals surface area contributed by atoms with Gasteiger partial charge in [-0.3, -0.25) is 13.9 Å². The number of carbonyl (C=O) groups excluding carboxylic acids is 2. The topological polar surface area (TPSA) is 86.8 Å². The number of nitrogens with one attached hydrogen (secondary N) is 1. The Morgan fingerprint density at radius 2 is 1.54 bits per heavy atom. The second kappa shape index (κ2) is 13.4. The molecule has 0 saturated heterocycles. The number of carbonyl (C=O) groups is 2. The molecule has 2 amide bonds. The fourth-order valence-electron chi connectivity index (χ4n) is 4.21. The van der Waals surface area contributed by atoms with Crippen LogP contribution in [-0.2, 0) is 32.3 Å². The summed E-state index contributed by atoms with van der Waals surface area (Å²) in [6, 6.07) is 17.3. The summed E-state index contributed by atoms with van der Waals surface area (Å²) in [6.45, 7) is 4.34. The number of nitrogens with zero attached hydrogens (tertiary/aromatic N) is 2. The highest BCUT2D eigenvalue weighted by Crippen LogP contribution is 2.38. The van der Waals surface area contributed by atoms with Gasteiger partial charge in [-0.25, -0.2) is 8.42 Å². The maximum atomic E-state index is 13.9. The van der Waals surface area contributed by atoms with E-state index in [-0.39, 0.29) is 23.9 Å². The zero-order valence-corrected chi connectivity index (χ0v) is 24.3. The van der Waals surface area contributed by atoms with Gasteiger partial charge in [-0.2, -0.15) is 13.2 Å². The summed E-state index contributed by atoms with van der Waals surface area (Å²) in [5.74, 6) is -1.21. The first kappa shape index (κ1) is 32.0. The lowest BCUT2D eigenvalue weighted by atomic mass is 10.1. The van der Waals surface area contributed by atoms with Crippen LogP contribution in [0.3, 0.4) is 0 Å². The van der Waals surface area contributed by atoms with Gasteiger partial charge in [-0.1, -0.05) is 67.1 Å². The first-order valence-corrected chi connectivity index (χ1v) is 14.7. The van der Waals surface area contributed by atoms with Crippen LogP contribution in [0, 0.1) is 0 Å². The highest BCUT2D eigenvalue weighted by atomic mass is 35.5. The van der Waals surface area contributed by atoms with Crippen molar-refractivity contribution in [3.05, 3.63) is 95.0 Å². The third kappa shape index (κ3) is 8.01. The van der Waals surface area contributed by atoms with Crippen LogP contribution in [0.1, 0.15) is 38.3 Å². The van der Waals surface area contributed by atoms with E-state index in [9.17, 15) is 31.2 Å². The number of rotatable bonds is 11. The molecule has 0 aliphatic rings. The Hall–Kier alpha value is -3.57. The third-order valence-corrected chi connectivity index (χ3v) is 8.28. The van der Waals surface area contributed by atoms with Gasteiger partial charge in [-0.05, 0) is 56.2 Å². The Morgan fingerprint density at radius 3 is 2.07 bits per heavy atom. The highest BCUT2D eigenvalue weighted by Gasteiger charge is 2.37. The van der Waals surface area contributed by atoms with Gasteiger partial charge in [0.2, 0.25) is 11.8 Å². The fraction of sp³-hybridized carbons (Fsp3) is 0.310. The van der Waals surface area contributed by atoms with E-state index in [4.69, 9.17) is 11.6 Å². The van der Waals surface area contributed by atoms with Gasteiger partial charge in [0.15, 0.2) is 0 Å². The number of anilines is 1. The molecule has 0 saturated carbocycles. The standard InChI is InChI=1S/C29H31ClF3N3O4S/c1-4-26(28(38)34-20(2)3)35(18-21-11-7-5-8-12-21)27(37)19-36(41(39,40)23-13-9-6-10-14-23)22-15-16-25(30)24(17-22)29(31,32)33/h5-17,20,26H,4,18-19H2,1-3H3,(H,34,38). The molecule has 12 heteroatoms. The minimum absolute atomic E-state index is 0.0304. The monoisotopic (exact) mass is 609 g/mol. The van der Waals surface area contributed by atoms with Crippen molar-refractivity contribution in [2.45, 2.75) is 56.9 Å². The van der Waals surface area contributed by atoms with Crippen LogP contribution in [0.2, 0.25) is 5.02 Å². The molecule has 7 nitrogen and oxygen atoms in total. The van der Waals surface area contributed by atoms with Gasteiger partial charge in [0.1, 0.15) is 12.6 Å². The lowest BCUT2D eigenvalue weighted by molar-refractivity contribution is -0.140. The van der Waals surface area contributed by atoms with Gasteiger partial charge in [0, 0.05) is 12.6 Å². The first-order chi connectivity index (χ1) is 19.3. The molecule has 0 aliphatic heterocycles. The average Bonchev–Trinajstić information content (AvgIpc) is 2.92. The van der Waals surface area contributed by atoms with Crippen molar-refractivity contribution >= 4 is 39.1 Å². The predicted molar refractivity (Wildman–Crippen MR) is 152 cm³/mol.